The highest BCUT2D eigenvalue weighted by Gasteiger charge is 1.98. The van der Waals surface area contributed by atoms with Crippen molar-refractivity contribution in [3.63, 3.8) is 0 Å². The van der Waals surface area contributed by atoms with Gasteiger partial charge < -0.3 is 11.5 Å². The highest BCUT2D eigenvalue weighted by molar-refractivity contribution is 5.70. The Morgan fingerprint density at radius 3 is 1.48 bits per heavy atom. The Balaban J connectivity index is -0.000000388. The van der Waals surface area contributed by atoms with Crippen molar-refractivity contribution in [1.82, 2.24) is 0 Å². The van der Waals surface area contributed by atoms with Gasteiger partial charge in [0.15, 0.2) is 0 Å². The molecule has 0 fully saturated rings. The van der Waals surface area contributed by atoms with E-state index in [1.165, 1.54) is 49.7 Å². The summed E-state index contributed by atoms with van der Waals surface area (Å²) >= 11 is 0. The Morgan fingerprint density at radius 1 is 0.774 bits per heavy atom. The van der Waals surface area contributed by atoms with Gasteiger partial charge in [-0.1, -0.05) is 109 Å². The molecule has 31 heavy (non-hydrogen) atoms. The number of anilines is 2. The summed E-state index contributed by atoms with van der Waals surface area (Å²) in [5, 5.41) is 0. The van der Waals surface area contributed by atoms with Gasteiger partial charge in [-0.05, 0) is 63.5 Å². The molecular weight excluding hydrogens is 376 g/mol. The number of unbranched alkanes of at least 4 members (excludes halogenated alkanes) is 5. The van der Waals surface area contributed by atoms with Gasteiger partial charge in [-0.15, -0.1) is 0 Å². The lowest BCUT2D eigenvalue weighted by Gasteiger charge is -2.05. The van der Waals surface area contributed by atoms with Crippen molar-refractivity contribution in [2.75, 3.05) is 11.5 Å². The second kappa shape index (κ2) is 24.3. The van der Waals surface area contributed by atoms with E-state index in [1.807, 2.05) is 26.0 Å². The van der Waals surface area contributed by atoms with Gasteiger partial charge in [-0.25, -0.2) is 0 Å². The molecule has 0 aromatic heterocycles. The Morgan fingerprint density at radius 2 is 1.23 bits per heavy atom. The number of rotatable bonds is 8. The quantitative estimate of drug-likeness (QED) is 0.245. The molecule has 0 aliphatic rings. The lowest BCUT2D eigenvalue weighted by Crippen LogP contribution is -1.92. The van der Waals surface area contributed by atoms with Crippen LogP contribution in [0, 0.1) is 0 Å². The van der Waals surface area contributed by atoms with Gasteiger partial charge in [0.25, 0.3) is 0 Å². The molecule has 0 aliphatic carbocycles. The fourth-order valence-corrected chi connectivity index (χ4v) is 2.13. The van der Waals surface area contributed by atoms with Crippen LogP contribution in [0.1, 0.15) is 119 Å². The lowest BCUT2D eigenvalue weighted by atomic mass is 10.0. The van der Waals surface area contributed by atoms with E-state index in [0.29, 0.717) is 0 Å². The van der Waals surface area contributed by atoms with E-state index < -0.39 is 0 Å². The first-order valence-corrected chi connectivity index (χ1v) is 12.3. The molecule has 0 bridgehead atoms. The average molecular weight is 431 g/mol. The Hall–Kier alpha value is -1.96. The third-order valence-corrected chi connectivity index (χ3v) is 4.74. The van der Waals surface area contributed by atoms with Gasteiger partial charge in [-0.3, -0.25) is 0 Å². The van der Waals surface area contributed by atoms with Crippen molar-refractivity contribution >= 4 is 16.9 Å². The summed E-state index contributed by atoms with van der Waals surface area (Å²) in [6.07, 6.45) is 14.7. The zero-order valence-electron chi connectivity index (χ0n) is 22.4. The average Bonchev–Trinajstić information content (AvgIpc) is 2.75. The second-order valence-corrected chi connectivity index (χ2v) is 8.02. The first-order valence-electron chi connectivity index (χ1n) is 12.3. The number of nitrogen functional groups attached to an aromatic ring is 2. The number of benzene rings is 1. The van der Waals surface area contributed by atoms with Gasteiger partial charge in [0, 0.05) is 11.4 Å². The molecule has 0 radical (unpaired) electrons. The van der Waals surface area contributed by atoms with E-state index >= 15 is 0 Å². The van der Waals surface area contributed by atoms with Gasteiger partial charge in [0.2, 0.25) is 0 Å². The monoisotopic (exact) mass is 430 g/mol. The van der Waals surface area contributed by atoms with Crippen LogP contribution >= 0.6 is 0 Å². The van der Waals surface area contributed by atoms with Gasteiger partial charge in [-0.2, -0.15) is 0 Å². The summed E-state index contributed by atoms with van der Waals surface area (Å²) in [7, 11) is 0. The molecule has 0 atom stereocenters. The summed E-state index contributed by atoms with van der Waals surface area (Å²) in [6.45, 7) is 22.9. The molecule has 0 heterocycles. The van der Waals surface area contributed by atoms with E-state index in [4.69, 9.17) is 11.5 Å². The van der Waals surface area contributed by atoms with Crippen molar-refractivity contribution in [1.29, 1.82) is 0 Å². The molecule has 0 amide bonds. The fraction of sp³-hybridized carbons (Fsp3) is 0.586. The fourth-order valence-electron chi connectivity index (χ4n) is 2.13. The molecule has 2 nitrogen and oxygen atoms in total. The van der Waals surface area contributed by atoms with Crippen LogP contribution in [0.25, 0.3) is 5.57 Å². The first kappa shape index (κ1) is 33.7. The number of hydrogen-bond donors (Lipinski definition) is 2. The molecule has 2 heteroatoms. The highest BCUT2D eigenvalue weighted by Crippen LogP contribution is 2.21. The maximum Gasteiger partial charge on any atom is 0.0340 e. The van der Waals surface area contributed by atoms with E-state index in [1.54, 1.807) is 6.07 Å². The van der Waals surface area contributed by atoms with Crippen molar-refractivity contribution in [3.05, 3.63) is 53.6 Å². The Bertz CT molecular complexity index is 583. The Kier molecular flexibility index (Phi) is 26.4. The third kappa shape index (κ3) is 24.2. The number of hydrogen-bond acceptors (Lipinski definition) is 2. The van der Waals surface area contributed by atoms with Crippen LogP contribution in [-0.2, 0) is 0 Å². The van der Waals surface area contributed by atoms with Crippen molar-refractivity contribution in [3.8, 4) is 0 Å². The predicted molar refractivity (Wildman–Crippen MR) is 148 cm³/mol. The summed E-state index contributed by atoms with van der Waals surface area (Å²) in [5.74, 6) is 0. The molecule has 0 saturated carbocycles. The maximum atomic E-state index is 5.72. The predicted octanol–water partition coefficient (Wildman–Crippen LogP) is 9.98. The van der Waals surface area contributed by atoms with Crippen molar-refractivity contribution in [2.45, 2.75) is 114 Å². The molecule has 1 aromatic carbocycles. The van der Waals surface area contributed by atoms with Gasteiger partial charge in [0.1, 0.15) is 0 Å². The van der Waals surface area contributed by atoms with E-state index in [2.05, 4.69) is 67.2 Å². The van der Waals surface area contributed by atoms with E-state index in [-0.39, 0.29) is 0 Å². The molecule has 180 valence electrons. The van der Waals surface area contributed by atoms with Crippen molar-refractivity contribution < 1.29 is 0 Å². The summed E-state index contributed by atoms with van der Waals surface area (Å²) in [4.78, 5) is 0. The summed E-state index contributed by atoms with van der Waals surface area (Å²) in [6, 6.07) is 5.69. The van der Waals surface area contributed by atoms with Crippen LogP contribution in [0.3, 0.4) is 0 Å². The molecule has 0 unspecified atom stereocenters. The van der Waals surface area contributed by atoms with Crippen LogP contribution in [0.2, 0.25) is 0 Å². The van der Waals surface area contributed by atoms with Gasteiger partial charge >= 0.3 is 0 Å². The molecule has 1 aromatic rings. The number of allylic oxidation sites excluding steroid dienone is 5. The standard InChI is InChI=1S/C12H18N2.C7H12.C6H14.C4H10/c1-3-4-5-9(2)10-6-11(13)8-12(14)7-10;1-5-7(4)6(2)3;1-3-5-6-4-2;1-3-4-2/h5-8H,3-4,13-14H2,1-2H3;5H,2H2,1,3-4H3;3-6H2,1-2H3;3-4H2,1-2H3/b9-5+;7-5-;;. The SMILES string of the molecule is C=C(C)/C(C)=C\C.CCC/C=C(\C)c1cc(N)cc(N)c1.CCCC.CCCCCC. The second-order valence-electron chi connectivity index (χ2n) is 8.02. The van der Waals surface area contributed by atoms with Gasteiger partial charge in [0.05, 0.1) is 0 Å². The molecular formula is C29H54N2. The zero-order chi connectivity index (χ0) is 24.7. The third-order valence-electron chi connectivity index (χ3n) is 4.74. The smallest absolute Gasteiger partial charge is 0.0340 e. The topological polar surface area (TPSA) is 52.0 Å². The molecule has 4 N–H and O–H groups in total. The van der Waals surface area contributed by atoms with E-state index in [9.17, 15) is 0 Å². The maximum absolute atomic E-state index is 5.72. The highest BCUT2D eigenvalue weighted by atomic mass is 14.6. The van der Waals surface area contributed by atoms with Crippen LogP contribution in [0.4, 0.5) is 11.4 Å². The summed E-state index contributed by atoms with van der Waals surface area (Å²) in [5.41, 5.74) is 17.7. The van der Waals surface area contributed by atoms with E-state index in [0.717, 1.165) is 35.4 Å². The molecule has 0 aliphatic heterocycles. The van der Waals surface area contributed by atoms with Crippen LogP contribution in [0.15, 0.2) is 48.1 Å². The van der Waals surface area contributed by atoms with Crippen molar-refractivity contribution in [2.24, 2.45) is 0 Å². The molecule has 0 spiro atoms. The molecule has 0 saturated heterocycles. The minimum Gasteiger partial charge on any atom is -0.399 e. The minimum atomic E-state index is 0.726. The lowest BCUT2D eigenvalue weighted by molar-refractivity contribution is 0.702. The number of nitrogens with two attached hydrogens (primary N) is 2. The largest absolute Gasteiger partial charge is 0.399 e. The molecule has 1 rings (SSSR count). The zero-order valence-corrected chi connectivity index (χ0v) is 22.4. The first-order chi connectivity index (χ1) is 14.6. The van der Waals surface area contributed by atoms with Crippen LogP contribution < -0.4 is 11.5 Å². The van der Waals surface area contributed by atoms with Crippen LogP contribution in [-0.4, -0.2) is 0 Å². The Labute approximate surface area is 195 Å². The minimum absolute atomic E-state index is 0.726. The normalized spacial score (nSPS) is 10.6. The van der Waals surface area contributed by atoms with Crippen LogP contribution in [0.5, 0.6) is 0 Å². The summed E-state index contributed by atoms with van der Waals surface area (Å²) < 4.78 is 0.